The van der Waals surface area contributed by atoms with E-state index in [1.165, 1.54) is 0 Å². The zero-order valence-corrected chi connectivity index (χ0v) is 14.5. The van der Waals surface area contributed by atoms with Crippen LogP contribution < -0.4 is 5.32 Å². The number of likely N-dealkylation sites (tertiary alicyclic amines) is 1. The number of aromatic nitrogens is 3. The van der Waals surface area contributed by atoms with Crippen LogP contribution in [-0.2, 0) is 16.0 Å². The van der Waals surface area contributed by atoms with Crippen LogP contribution in [0.4, 0.5) is 4.79 Å². The molecule has 3 rings (SSSR count). The van der Waals surface area contributed by atoms with Crippen LogP contribution in [-0.4, -0.2) is 64.7 Å². The molecule has 8 heteroatoms. The fourth-order valence-electron chi connectivity index (χ4n) is 3.57. The third-order valence-electron chi connectivity index (χ3n) is 5.06. The van der Waals surface area contributed by atoms with Gasteiger partial charge in [0.05, 0.1) is 18.2 Å². The Hall–Kier alpha value is -1.67. The maximum absolute atomic E-state index is 12.5. The van der Waals surface area contributed by atoms with Crippen molar-refractivity contribution in [2.75, 3.05) is 33.4 Å². The average Bonchev–Trinajstić information content (AvgIpc) is 3.23. The van der Waals surface area contributed by atoms with E-state index in [9.17, 15) is 4.79 Å². The molecule has 2 aliphatic heterocycles. The summed E-state index contributed by atoms with van der Waals surface area (Å²) >= 11 is 0. The van der Waals surface area contributed by atoms with Gasteiger partial charge in [0.1, 0.15) is 6.33 Å². The van der Waals surface area contributed by atoms with Gasteiger partial charge in [-0.05, 0) is 32.6 Å². The zero-order valence-electron chi connectivity index (χ0n) is 14.5. The summed E-state index contributed by atoms with van der Waals surface area (Å²) in [7, 11) is 1.66. The van der Waals surface area contributed by atoms with E-state index in [1.54, 1.807) is 13.4 Å². The van der Waals surface area contributed by atoms with Crippen LogP contribution in [0.15, 0.2) is 6.33 Å². The predicted octanol–water partition coefficient (Wildman–Crippen LogP) is 1.34. The van der Waals surface area contributed by atoms with Gasteiger partial charge in [0, 0.05) is 33.4 Å². The summed E-state index contributed by atoms with van der Waals surface area (Å²) in [6.45, 7) is 5.53. The first-order chi connectivity index (χ1) is 11.6. The topological polar surface area (TPSA) is 81.5 Å². The standard InChI is InChI=1S/C16H27N5O3/c1-13(14-19-17-12-21(14)9-11-23-2)18-15(22)20-7-5-16(6-8-20)4-3-10-24-16/h12-13H,3-11H2,1-2H3,(H,18,22). The lowest BCUT2D eigenvalue weighted by Crippen LogP contribution is -2.50. The summed E-state index contributed by atoms with van der Waals surface area (Å²) in [5.41, 5.74) is 0.0305. The number of piperidine rings is 1. The summed E-state index contributed by atoms with van der Waals surface area (Å²) in [6, 6.07) is -0.243. The average molecular weight is 337 g/mol. The quantitative estimate of drug-likeness (QED) is 0.877. The lowest BCUT2D eigenvalue weighted by Gasteiger charge is -2.38. The summed E-state index contributed by atoms with van der Waals surface area (Å²) in [5, 5.41) is 11.1. The van der Waals surface area contributed by atoms with E-state index in [0.29, 0.717) is 13.2 Å². The minimum Gasteiger partial charge on any atom is -0.383 e. The monoisotopic (exact) mass is 337 g/mol. The molecule has 0 aliphatic carbocycles. The van der Waals surface area contributed by atoms with Crippen molar-refractivity contribution in [3.8, 4) is 0 Å². The number of carbonyl (C=O) groups excluding carboxylic acids is 1. The number of methoxy groups -OCH3 is 1. The van der Waals surface area contributed by atoms with Crippen molar-refractivity contribution < 1.29 is 14.3 Å². The van der Waals surface area contributed by atoms with Gasteiger partial charge in [-0.2, -0.15) is 0 Å². The molecule has 2 fully saturated rings. The molecule has 3 heterocycles. The Kier molecular flexibility index (Phi) is 5.35. The molecule has 2 aliphatic rings. The van der Waals surface area contributed by atoms with E-state index in [4.69, 9.17) is 9.47 Å². The first-order valence-corrected chi connectivity index (χ1v) is 8.70. The highest BCUT2D eigenvalue weighted by atomic mass is 16.5. The molecule has 1 aromatic rings. The van der Waals surface area contributed by atoms with Gasteiger partial charge >= 0.3 is 6.03 Å². The first kappa shape index (κ1) is 17.2. The van der Waals surface area contributed by atoms with Crippen molar-refractivity contribution in [2.24, 2.45) is 0 Å². The number of hydrogen-bond donors (Lipinski definition) is 1. The SMILES string of the molecule is COCCn1cnnc1C(C)NC(=O)N1CCC2(CCCO2)CC1. The molecule has 24 heavy (non-hydrogen) atoms. The minimum absolute atomic E-state index is 0.0305. The minimum atomic E-state index is -0.199. The summed E-state index contributed by atoms with van der Waals surface area (Å²) in [4.78, 5) is 14.4. The maximum atomic E-state index is 12.5. The molecule has 1 aromatic heterocycles. The van der Waals surface area contributed by atoms with Crippen molar-refractivity contribution in [3.63, 3.8) is 0 Å². The first-order valence-electron chi connectivity index (χ1n) is 8.70. The molecular formula is C16H27N5O3. The van der Waals surface area contributed by atoms with Gasteiger partial charge in [0.25, 0.3) is 0 Å². The van der Waals surface area contributed by atoms with Gasteiger partial charge in [-0.15, -0.1) is 10.2 Å². The van der Waals surface area contributed by atoms with Gasteiger partial charge in [-0.1, -0.05) is 0 Å². The van der Waals surface area contributed by atoms with Crippen LogP contribution in [0.1, 0.15) is 44.5 Å². The van der Waals surface area contributed by atoms with E-state index in [2.05, 4.69) is 15.5 Å². The summed E-state index contributed by atoms with van der Waals surface area (Å²) in [6.07, 6.45) is 5.79. The third kappa shape index (κ3) is 3.70. The molecule has 1 unspecified atom stereocenters. The van der Waals surface area contributed by atoms with Crippen LogP contribution >= 0.6 is 0 Å². The number of nitrogens with one attached hydrogen (secondary N) is 1. The number of nitrogens with zero attached hydrogens (tertiary/aromatic N) is 4. The van der Waals surface area contributed by atoms with Crippen LogP contribution in [0.5, 0.6) is 0 Å². The number of hydrogen-bond acceptors (Lipinski definition) is 5. The molecule has 2 saturated heterocycles. The lowest BCUT2D eigenvalue weighted by molar-refractivity contribution is -0.0362. The molecule has 134 valence electrons. The molecule has 1 spiro atoms. The van der Waals surface area contributed by atoms with Gasteiger partial charge < -0.3 is 24.3 Å². The Labute approximate surface area is 142 Å². The molecule has 0 radical (unpaired) electrons. The van der Waals surface area contributed by atoms with E-state index >= 15 is 0 Å². The lowest BCUT2D eigenvalue weighted by atomic mass is 9.89. The smallest absolute Gasteiger partial charge is 0.317 e. The van der Waals surface area contributed by atoms with E-state index < -0.39 is 0 Å². The van der Waals surface area contributed by atoms with Gasteiger partial charge in [0.2, 0.25) is 0 Å². The van der Waals surface area contributed by atoms with Gasteiger partial charge in [-0.25, -0.2) is 4.79 Å². The maximum Gasteiger partial charge on any atom is 0.317 e. The van der Waals surface area contributed by atoms with Crippen LogP contribution in [0, 0.1) is 0 Å². The highest BCUT2D eigenvalue weighted by Gasteiger charge is 2.39. The molecule has 8 nitrogen and oxygen atoms in total. The second kappa shape index (κ2) is 7.48. The molecule has 0 bridgehead atoms. The number of amides is 2. The molecule has 2 amide bonds. The number of urea groups is 1. The van der Waals surface area contributed by atoms with Crippen molar-refractivity contribution in [1.29, 1.82) is 0 Å². The normalized spacial score (nSPS) is 21.2. The fraction of sp³-hybridized carbons (Fsp3) is 0.812. The van der Waals surface area contributed by atoms with Crippen LogP contribution in [0.25, 0.3) is 0 Å². The van der Waals surface area contributed by atoms with E-state index in [-0.39, 0.29) is 17.7 Å². The Balaban J connectivity index is 1.52. The summed E-state index contributed by atoms with van der Waals surface area (Å²) in [5.74, 6) is 0.744. The molecule has 1 N–H and O–H groups in total. The van der Waals surface area contributed by atoms with Crippen molar-refractivity contribution in [3.05, 3.63) is 12.2 Å². The predicted molar refractivity (Wildman–Crippen MR) is 87.6 cm³/mol. The van der Waals surface area contributed by atoms with Crippen molar-refractivity contribution >= 4 is 6.03 Å². The molecule has 0 saturated carbocycles. The largest absolute Gasteiger partial charge is 0.383 e. The van der Waals surface area contributed by atoms with Gasteiger partial charge in [0.15, 0.2) is 5.82 Å². The number of rotatable bonds is 5. The van der Waals surface area contributed by atoms with Crippen molar-refractivity contribution in [2.45, 2.75) is 50.8 Å². The second-order valence-corrected chi connectivity index (χ2v) is 6.67. The van der Waals surface area contributed by atoms with E-state index in [0.717, 1.165) is 51.2 Å². The number of ether oxygens (including phenoxy) is 2. The van der Waals surface area contributed by atoms with Gasteiger partial charge in [-0.3, -0.25) is 0 Å². The Bertz CT molecular complexity index is 546. The van der Waals surface area contributed by atoms with Crippen LogP contribution in [0.2, 0.25) is 0 Å². The van der Waals surface area contributed by atoms with Crippen LogP contribution in [0.3, 0.4) is 0 Å². The fourth-order valence-corrected chi connectivity index (χ4v) is 3.57. The highest BCUT2D eigenvalue weighted by Crippen LogP contribution is 2.35. The van der Waals surface area contributed by atoms with Crippen molar-refractivity contribution in [1.82, 2.24) is 25.0 Å². The number of carbonyl (C=O) groups is 1. The Morgan fingerprint density at radius 2 is 2.25 bits per heavy atom. The Morgan fingerprint density at radius 1 is 1.46 bits per heavy atom. The third-order valence-corrected chi connectivity index (χ3v) is 5.06. The second-order valence-electron chi connectivity index (χ2n) is 6.67. The molecule has 1 atom stereocenters. The molecular weight excluding hydrogens is 310 g/mol. The van der Waals surface area contributed by atoms with E-state index in [1.807, 2.05) is 16.4 Å². The highest BCUT2D eigenvalue weighted by molar-refractivity contribution is 5.74. The molecule has 0 aromatic carbocycles. The summed E-state index contributed by atoms with van der Waals surface area (Å²) < 4.78 is 12.9. The zero-order chi connectivity index (χ0) is 17.0. The Morgan fingerprint density at radius 3 is 2.92 bits per heavy atom.